The molecule has 3 aromatic rings. The highest BCUT2D eigenvalue weighted by atomic mass is 16.5. The van der Waals surface area contributed by atoms with E-state index in [9.17, 15) is 0 Å². The number of morpholine rings is 1. The van der Waals surface area contributed by atoms with E-state index in [1.165, 1.54) is 11.3 Å². The number of nitrogens with zero attached hydrogens (tertiary/aromatic N) is 4. The maximum atomic E-state index is 5.75. The smallest absolute Gasteiger partial charge is 0.126 e. The lowest BCUT2D eigenvalue weighted by Gasteiger charge is -2.34. The van der Waals surface area contributed by atoms with E-state index in [1.54, 1.807) is 6.20 Å². The van der Waals surface area contributed by atoms with E-state index in [1.807, 2.05) is 24.5 Å². The van der Waals surface area contributed by atoms with Crippen LogP contribution in [0.5, 0.6) is 0 Å². The van der Waals surface area contributed by atoms with E-state index < -0.39 is 0 Å². The van der Waals surface area contributed by atoms with Gasteiger partial charge in [-0.1, -0.05) is 12.1 Å². The van der Waals surface area contributed by atoms with Crippen molar-refractivity contribution in [3.63, 3.8) is 0 Å². The Kier molecular flexibility index (Phi) is 5.18. The van der Waals surface area contributed by atoms with E-state index in [0.29, 0.717) is 6.61 Å². The summed E-state index contributed by atoms with van der Waals surface area (Å²) in [5, 5.41) is 0. The first-order chi connectivity index (χ1) is 13.2. The molecule has 0 bridgehead atoms. The number of aromatic nitrogens is 3. The highest BCUT2D eigenvalue weighted by Gasteiger charge is 2.27. The zero-order valence-electron chi connectivity index (χ0n) is 15.8. The molecule has 1 unspecified atom stereocenters. The Hall–Kier alpha value is -2.70. The molecule has 0 aliphatic carbocycles. The number of ether oxygens (including phenoxy) is 1. The summed E-state index contributed by atoms with van der Waals surface area (Å²) in [4.78, 5) is 16.8. The normalized spacial score (nSPS) is 17.8. The van der Waals surface area contributed by atoms with Gasteiger partial charge in [-0.15, -0.1) is 0 Å². The first-order valence-corrected chi connectivity index (χ1v) is 9.24. The van der Waals surface area contributed by atoms with Crippen LogP contribution in [0.4, 0.5) is 5.69 Å². The monoisotopic (exact) mass is 363 g/mol. The van der Waals surface area contributed by atoms with Crippen molar-refractivity contribution < 1.29 is 4.74 Å². The number of hydrogen-bond donors (Lipinski definition) is 1. The van der Waals surface area contributed by atoms with Gasteiger partial charge in [0.2, 0.25) is 0 Å². The topological polar surface area (TPSA) is 57.3 Å². The fourth-order valence-corrected chi connectivity index (χ4v) is 3.39. The van der Waals surface area contributed by atoms with Crippen LogP contribution in [0.3, 0.4) is 0 Å². The van der Waals surface area contributed by atoms with Gasteiger partial charge in [-0.05, 0) is 29.8 Å². The van der Waals surface area contributed by atoms with E-state index >= 15 is 0 Å². The molecule has 140 valence electrons. The quantitative estimate of drug-likeness (QED) is 0.755. The molecule has 1 aliphatic heterocycles. The summed E-state index contributed by atoms with van der Waals surface area (Å²) >= 11 is 0. The Balaban J connectivity index is 1.52. The van der Waals surface area contributed by atoms with Crippen LogP contribution in [0.1, 0.15) is 17.4 Å². The Morgan fingerprint density at radius 2 is 2.04 bits per heavy atom. The SMILES string of the molecule is CN(C)c1ccc(CN2CCOCC2c2ncc(-c3cccnc3)[nH]2)cc1. The molecule has 0 amide bonds. The fraction of sp³-hybridized carbons (Fsp3) is 0.333. The van der Waals surface area contributed by atoms with Gasteiger partial charge in [0.25, 0.3) is 0 Å². The molecule has 4 rings (SSSR count). The van der Waals surface area contributed by atoms with E-state index in [4.69, 9.17) is 4.74 Å². The molecule has 1 fully saturated rings. The van der Waals surface area contributed by atoms with E-state index in [2.05, 4.69) is 63.1 Å². The number of rotatable bonds is 5. The van der Waals surface area contributed by atoms with Gasteiger partial charge in [-0.3, -0.25) is 9.88 Å². The summed E-state index contributed by atoms with van der Waals surface area (Å²) < 4.78 is 5.75. The van der Waals surface area contributed by atoms with Crippen molar-refractivity contribution in [2.75, 3.05) is 38.8 Å². The third kappa shape index (κ3) is 4.02. The number of pyridine rings is 1. The van der Waals surface area contributed by atoms with Gasteiger partial charge >= 0.3 is 0 Å². The zero-order chi connectivity index (χ0) is 18.6. The molecular formula is C21H25N5O. The molecule has 27 heavy (non-hydrogen) atoms. The number of anilines is 1. The molecule has 1 saturated heterocycles. The Bertz CT molecular complexity index is 860. The summed E-state index contributed by atoms with van der Waals surface area (Å²) in [5.41, 5.74) is 4.54. The molecule has 6 heteroatoms. The molecule has 1 aliphatic rings. The maximum absolute atomic E-state index is 5.75. The van der Waals surface area contributed by atoms with Crippen molar-refractivity contribution in [1.29, 1.82) is 0 Å². The maximum Gasteiger partial charge on any atom is 0.126 e. The van der Waals surface area contributed by atoms with Crippen LogP contribution in [0.2, 0.25) is 0 Å². The van der Waals surface area contributed by atoms with Crippen molar-refractivity contribution >= 4 is 5.69 Å². The molecule has 0 radical (unpaired) electrons. The summed E-state index contributed by atoms with van der Waals surface area (Å²) in [7, 11) is 4.12. The average molecular weight is 363 g/mol. The van der Waals surface area contributed by atoms with E-state index in [-0.39, 0.29) is 6.04 Å². The second kappa shape index (κ2) is 7.90. The van der Waals surface area contributed by atoms with Crippen LogP contribution in [0, 0.1) is 0 Å². The minimum absolute atomic E-state index is 0.123. The lowest BCUT2D eigenvalue weighted by Crippen LogP contribution is -2.39. The van der Waals surface area contributed by atoms with Gasteiger partial charge in [0.15, 0.2) is 0 Å². The summed E-state index contributed by atoms with van der Waals surface area (Å²) in [6, 6.07) is 12.8. The van der Waals surface area contributed by atoms with Crippen molar-refractivity contribution in [2.24, 2.45) is 0 Å². The molecular weight excluding hydrogens is 338 g/mol. The van der Waals surface area contributed by atoms with Crippen molar-refractivity contribution in [1.82, 2.24) is 19.9 Å². The predicted molar refractivity (Wildman–Crippen MR) is 107 cm³/mol. The highest BCUT2D eigenvalue weighted by molar-refractivity contribution is 5.56. The molecule has 0 saturated carbocycles. The molecule has 1 N–H and O–H groups in total. The predicted octanol–water partition coefficient (Wildman–Crippen LogP) is 3.11. The van der Waals surface area contributed by atoms with Crippen LogP contribution in [0.15, 0.2) is 55.0 Å². The van der Waals surface area contributed by atoms with E-state index in [0.717, 1.165) is 36.8 Å². The van der Waals surface area contributed by atoms with Gasteiger partial charge in [0.1, 0.15) is 5.82 Å². The minimum Gasteiger partial charge on any atom is -0.378 e. The van der Waals surface area contributed by atoms with Gasteiger partial charge in [0.05, 0.1) is 31.1 Å². The number of benzene rings is 1. The van der Waals surface area contributed by atoms with Crippen LogP contribution in [-0.2, 0) is 11.3 Å². The standard InChI is InChI=1S/C21H25N5O/c1-25(2)18-7-5-16(6-8-18)14-26-10-11-27-15-20(26)21-23-13-19(24-21)17-4-3-9-22-12-17/h3-9,12-13,20H,10-11,14-15H2,1-2H3,(H,23,24). The van der Waals surface area contributed by atoms with Crippen LogP contribution in [0.25, 0.3) is 11.3 Å². The molecule has 6 nitrogen and oxygen atoms in total. The largest absolute Gasteiger partial charge is 0.378 e. The highest BCUT2D eigenvalue weighted by Crippen LogP contribution is 2.26. The Labute approximate surface area is 159 Å². The Morgan fingerprint density at radius 1 is 1.19 bits per heavy atom. The molecule has 2 aromatic heterocycles. The minimum atomic E-state index is 0.123. The summed E-state index contributed by atoms with van der Waals surface area (Å²) in [5.74, 6) is 0.943. The number of hydrogen-bond acceptors (Lipinski definition) is 5. The first-order valence-electron chi connectivity index (χ1n) is 9.24. The van der Waals surface area contributed by atoms with Gasteiger partial charge in [0, 0.05) is 50.8 Å². The van der Waals surface area contributed by atoms with Gasteiger partial charge in [-0.25, -0.2) is 4.98 Å². The van der Waals surface area contributed by atoms with Gasteiger partial charge in [-0.2, -0.15) is 0 Å². The average Bonchev–Trinajstić information content (AvgIpc) is 3.19. The summed E-state index contributed by atoms with van der Waals surface area (Å²) in [6.07, 6.45) is 5.50. The molecule has 1 atom stereocenters. The number of H-pyrrole nitrogens is 1. The van der Waals surface area contributed by atoms with Gasteiger partial charge < -0.3 is 14.6 Å². The lowest BCUT2D eigenvalue weighted by molar-refractivity contribution is -0.0156. The van der Waals surface area contributed by atoms with Crippen molar-refractivity contribution in [3.05, 3.63) is 66.4 Å². The third-order valence-corrected chi connectivity index (χ3v) is 4.96. The number of imidazole rings is 1. The molecule has 3 heterocycles. The lowest BCUT2D eigenvalue weighted by atomic mass is 10.1. The van der Waals surface area contributed by atoms with Crippen LogP contribution in [-0.4, -0.2) is 53.7 Å². The number of aromatic amines is 1. The van der Waals surface area contributed by atoms with Crippen LogP contribution < -0.4 is 4.90 Å². The summed E-state index contributed by atoms with van der Waals surface area (Å²) in [6.45, 7) is 3.17. The van der Waals surface area contributed by atoms with Crippen molar-refractivity contribution in [3.8, 4) is 11.3 Å². The molecule has 0 spiro atoms. The van der Waals surface area contributed by atoms with Crippen molar-refractivity contribution in [2.45, 2.75) is 12.6 Å². The zero-order valence-corrected chi connectivity index (χ0v) is 15.8. The fourth-order valence-electron chi connectivity index (χ4n) is 3.39. The first kappa shape index (κ1) is 17.7. The Morgan fingerprint density at radius 3 is 2.78 bits per heavy atom. The third-order valence-electron chi connectivity index (χ3n) is 4.96. The number of nitrogens with one attached hydrogen (secondary N) is 1. The second-order valence-electron chi connectivity index (χ2n) is 7.05. The second-order valence-corrected chi connectivity index (χ2v) is 7.05. The molecule has 1 aromatic carbocycles. The van der Waals surface area contributed by atoms with Crippen LogP contribution >= 0.6 is 0 Å².